The number of piperidine rings is 1. The molecule has 3 atom stereocenters. The molecule has 5 heteroatoms. The van der Waals surface area contributed by atoms with Crippen molar-refractivity contribution in [1.82, 2.24) is 4.90 Å². The van der Waals surface area contributed by atoms with Crippen LogP contribution in [0.4, 0.5) is 4.79 Å². The minimum absolute atomic E-state index is 0.0283. The molecule has 1 aliphatic heterocycles. The van der Waals surface area contributed by atoms with Crippen LogP contribution in [0.15, 0.2) is 60.7 Å². The Balaban J connectivity index is 1.86. The number of hydrogen-bond donors (Lipinski definition) is 0. The predicted octanol–water partition coefficient (Wildman–Crippen LogP) is 4.34. The summed E-state index contributed by atoms with van der Waals surface area (Å²) in [5.74, 6) is -0.700. The van der Waals surface area contributed by atoms with Crippen LogP contribution in [-0.4, -0.2) is 30.1 Å². The van der Waals surface area contributed by atoms with Gasteiger partial charge in [0.2, 0.25) is 0 Å². The third-order valence-corrected chi connectivity index (χ3v) is 5.11. The molecule has 1 amide bonds. The van der Waals surface area contributed by atoms with Crippen molar-refractivity contribution in [2.24, 2.45) is 5.92 Å². The van der Waals surface area contributed by atoms with Gasteiger partial charge in [-0.2, -0.15) is 0 Å². The van der Waals surface area contributed by atoms with Gasteiger partial charge in [0.25, 0.3) is 0 Å². The van der Waals surface area contributed by atoms with Gasteiger partial charge in [-0.3, -0.25) is 9.69 Å². The average molecular weight is 367 g/mol. The summed E-state index contributed by atoms with van der Waals surface area (Å²) in [5.41, 5.74) is 1.84. The lowest BCUT2D eigenvalue weighted by Gasteiger charge is -2.43. The van der Waals surface area contributed by atoms with Crippen molar-refractivity contribution in [3.05, 3.63) is 71.8 Å². The molecule has 0 aromatic heterocycles. The van der Waals surface area contributed by atoms with E-state index in [0.717, 1.165) is 17.5 Å². The number of nitrogens with zero attached hydrogens (tertiary/aromatic N) is 1. The van der Waals surface area contributed by atoms with Crippen LogP contribution in [-0.2, 0) is 20.9 Å². The lowest BCUT2D eigenvalue weighted by Crippen LogP contribution is -2.50. The Morgan fingerprint density at radius 3 is 2.26 bits per heavy atom. The second-order valence-corrected chi connectivity index (χ2v) is 6.86. The van der Waals surface area contributed by atoms with Gasteiger partial charge < -0.3 is 9.47 Å². The second kappa shape index (κ2) is 8.71. The number of benzene rings is 2. The van der Waals surface area contributed by atoms with Crippen molar-refractivity contribution >= 4 is 12.1 Å². The van der Waals surface area contributed by atoms with E-state index in [1.165, 1.54) is 7.11 Å². The first-order chi connectivity index (χ1) is 13.1. The molecule has 3 rings (SSSR count). The van der Waals surface area contributed by atoms with E-state index in [9.17, 15) is 9.59 Å². The highest BCUT2D eigenvalue weighted by atomic mass is 16.6. The number of carbonyl (C=O) groups excluding carboxylic acids is 2. The molecule has 5 nitrogen and oxygen atoms in total. The third-order valence-electron chi connectivity index (χ3n) is 5.11. The van der Waals surface area contributed by atoms with Crippen LogP contribution in [0.3, 0.4) is 0 Å². The van der Waals surface area contributed by atoms with Crippen molar-refractivity contribution in [2.75, 3.05) is 7.11 Å². The van der Waals surface area contributed by atoms with Crippen LogP contribution in [0.1, 0.15) is 36.9 Å². The zero-order chi connectivity index (χ0) is 19.2. The van der Waals surface area contributed by atoms with Gasteiger partial charge in [0.05, 0.1) is 19.1 Å². The van der Waals surface area contributed by atoms with Gasteiger partial charge in [-0.05, 0) is 30.9 Å². The summed E-state index contributed by atoms with van der Waals surface area (Å²) >= 11 is 0. The van der Waals surface area contributed by atoms with Gasteiger partial charge in [-0.1, -0.05) is 60.7 Å². The van der Waals surface area contributed by atoms with Gasteiger partial charge in [-0.15, -0.1) is 0 Å². The predicted molar refractivity (Wildman–Crippen MR) is 102 cm³/mol. The maximum absolute atomic E-state index is 13.0. The average Bonchev–Trinajstić information content (AvgIpc) is 2.72. The van der Waals surface area contributed by atoms with Crippen molar-refractivity contribution in [3.63, 3.8) is 0 Å². The molecule has 0 aliphatic carbocycles. The maximum Gasteiger partial charge on any atom is 0.410 e. The normalized spacial score (nSPS) is 22.1. The highest BCUT2D eigenvalue weighted by Crippen LogP contribution is 2.40. The molecule has 142 valence electrons. The summed E-state index contributed by atoms with van der Waals surface area (Å²) in [4.78, 5) is 27.1. The molecular weight excluding hydrogens is 342 g/mol. The molecule has 27 heavy (non-hydrogen) atoms. The summed E-state index contributed by atoms with van der Waals surface area (Å²) in [6.45, 7) is 2.19. The minimum atomic E-state index is -0.409. The first kappa shape index (κ1) is 19.0. The highest BCUT2D eigenvalue weighted by Gasteiger charge is 2.43. The summed E-state index contributed by atoms with van der Waals surface area (Å²) in [5, 5.41) is 0. The fraction of sp³-hybridized carbons (Fsp3) is 0.364. The fourth-order valence-electron chi connectivity index (χ4n) is 3.71. The number of carbonyl (C=O) groups is 2. The van der Waals surface area contributed by atoms with E-state index in [1.807, 2.05) is 67.6 Å². The monoisotopic (exact) mass is 367 g/mol. The lowest BCUT2D eigenvalue weighted by atomic mass is 9.82. The molecule has 0 spiro atoms. The molecule has 2 aromatic carbocycles. The Hall–Kier alpha value is -2.82. The van der Waals surface area contributed by atoms with Gasteiger partial charge in [-0.25, -0.2) is 4.79 Å². The van der Waals surface area contributed by atoms with E-state index < -0.39 is 18.1 Å². The third kappa shape index (κ3) is 4.30. The molecule has 1 heterocycles. The first-order valence-electron chi connectivity index (χ1n) is 9.23. The van der Waals surface area contributed by atoms with E-state index in [1.54, 1.807) is 4.90 Å². The SMILES string of the molecule is COC(=O)C1CCC(C)N(C(=O)OCc2ccccc2)C1c1ccccc1. The Morgan fingerprint density at radius 2 is 1.63 bits per heavy atom. The molecule has 1 saturated heterocycles. The molecule has 0 saturated carbocycles. The molecule has 1 aliphatic rings. The van der Waals surface area contributed by atoms with Crippen LogP contribution in [0.2, 0.25) is 0 Å². The zero-order valence-corrected chi connectivity index (χ0v) is 15.7. The standard InChI is InChI=1S/C22H25NO4/c1-16-13-14-19(21(24)26-2)20(18-11-7-4-8-12-18)23(16)22(25)27-15-17-9-5-3-6-10-17/h3-12,16,19-20H,13-15H2,1-2H3. The Bertz CT molecular complexity index is 762. The van der Waals surface area contributed by atoms with Crippen molar-refractivity contribution < 1.29 is 19.1 Å². The van der Waals surface area contributed by atoms with Crippen LogP contribution in [0, 0.1) is 5.92 Å². The Labute approximate surface area is 159 Å². The number of rotatable bonds is 4. The summed E-state index contributed by atoms with van der Waals surface area (Å²) in [7, 11) is 1.39. The number of ether oxygens (including phenoxy) is 2. The molecule has 1 fully saturated rings. The molecule has 2 aromatic rings. The smallest absolute Gasteiger partial charge is 0.410 e. The van der Waals surface area contributed by atoms with E-state index in [4.69, 9.17) is 9.47 Å². The minimum Gasteiger partial charge on any atom is -0.469 e. The second-order valence-electron chi connectivity index (χ2n) is 6.86. The van der Waals surface area contributed by atoms with Crippen LogP contribution >= 0.6 is 0 Å². The quantitative estimate of drug-likeness (QED) is 0.755. The summed E-state index contributed by atoms with van der Waals surface area (Å²) in [6, 6.07) is 18.8. The lowest BCUT2D eigenvalue weighted by molar-refractivity contribution is -0.150. The number of amides is 1. The van der Waals surface area contributed by atoms with Gasteiger partial charge in [0, 0.05) is 6.04 Å². The van der Waals surface area contributed by atoms with Crippen LogP contribution in [0.5, 0.6) is 0 Å². The van der Waals surface area contributed by atoms with E-state index in [2.05, 4.69) is 0 Å². The fourth-order valence-corrected chi connectivity index (χ4v) is 3.71. The summed E-state index contributed by atoms with van der Waals surface area (Å²) < 4.78 is 10.6. The van der Waals surface area contributed by atoms with E-state index in [0.29, 0.717) is 6.42 Å². The van der Waals surface area contributed by atoms with Crippen LogP contribution in [0.25, 0.3) is 0 Å². The van der Waals surface area contributed by atoms with Gasteiger partial charge >= 0.3 is 12.1 Å². The highest BCUT2D eigenvalue weighted by molar-refractivity contribution is 5.76. The summed E-state index contributed by atoms with van der Waals surface area (Å²) in [6.07, 6.45) is 0.994. The molecule has 3 unspecified atom stereocenters. The Kier molecular flexibility index (Phi) is 6.12. The van der Waals surface area contributed by atoms with Crippen LogP contribution < -0.4 is 0 Å². The number of methoxy groups -OCH3 is 1. The first-order valence-corrected chi connectivity index (χ1v) is 9.23. The zero-order valence-electron chi connectivity index (χ0n) is 15.7. The maximum atomic E-state index is 13.0. The number of esters is 1. The molecular formula is C22H25NO4. The van der Waals surface area contributed by atoms with Gasteiger partial charge in [0.15, 0.2) is 0 Å². The van der Waals surface area contributed by atoms with E-state index in [-0.39, 0.29) is 18.6 Å². The van der Waals surface area contributed by atoms with Crippen molar-refractivity contribution in [3.8, 4) is 0 Å². The van der Waals surface area contributed by atoms with E-state index >= 15 is 0 Å². The Morgan fingerprint density at radius 1 is 1.00 bits per heavy atom. The van der Waals surface area contributed by atoms with Crippen molar-refractivity contribution in [1.29, 1.82) is 0 Å². The largest absolute Gasteiger partial charge is 0.469 e. The van der Waals surface area contributed by atoms with Gasteiger partial charge in [0.1, 0.15) is 6.61 Å². The van der Waals surface area contributed by atoms with Crippen molar-refractivity contribution in [2.45, 2.75) is 38.5 Å². The number of likely N-dealkylation sites (tertiary alicyclic amines) is 1. The topological polar surface area (TPSA) is 55.8 Å². The number of hydrogen-bond acceptors (Lipinski definition) is 4. The molecule has 0 bridgehead atoms. The molecule has 0 N–H and O–H groups in total. The molecule has 0 radical (unpaired) electrons.